The molecule has 2 heterocycles. The molecule has 4 nitrogen and oxygen atoms in total. The molecule has 0 amide bonds. The highest BCUT2D eigenvalue weighted by Crippen LogP contribution is 2.38. The second-order valence-electron chi connectivity index (χ2n) is 7.66. The van der Waals surface area contributed by atoms with Gasteiger partial charge in [-0.1, -0.05) is 24.8 Å². The van der Waals surface area contributed by atoms with Gasteiger partial charge < -0.3 is 15.0 Å². The van der Waals surface area contributed by atoms with Gasteiger partial charge in [0.05, 0.1) is 12.3 Å². The summed E-state index contributed by atoms with van der Waals surface area (Å²) >= 11 is 0. The molecule has 0 radical (unpaired) electrons. The lowest BCUT2D eigenvalue weighted by Crippen LogP contribution is -2.21. The Bertz CT molecular complexity index is 649. The minimum Gasteiger partial charge on any atom is -0.384 e. The standard InChI is InChI=1S/C13H18N2O.C9H12.C2H7N/c1-3-12-8-13(4-6-14-12)15-7-5-11(9-15)10-16-2;1-2-4-8(5-3-1)9-6-7-9;1-3-2/h3-4,6,8,11H,1,5,7,9-10H2,2H3;2,4-5,9H,1,3,6-7H2;3H,1-2H3. The van der Waals surface area contributed by atoms with Crippen LogP contribution in [0.5, 0.6) is 0 Å². The van der Waals surface area contributed by atoms with E-state index in [1.807, 2.05) is 20.3 Å². The van der Waals surface area contributed by atoms with E-state index in [0.29, 0.717) is 5.92 Å². The normalized spacial score (nSPS) is 20.5. The SMILES string of the molecule is C1=CC(C2CC2)=CCC1.C=Cc1cc(N2CCC(COC)C2)ccn1.CNC. The Morgan fingerprint density at radius 2 is 2.07 bits per heavy atom. The number of rotatable bonds is 5. The van der Waals surface area contributed by atoms with Crippen molar-refractivity contribution >= 4 is 11.8 Å². The Morgan fingerprint density at radius 1 is 1.29 bits per heavy atom. The Balaban J connectivity index is 0.000000196. The number of methoxy groups -OCH3 is 1. The summed E-state index contributed by atoms with van der Waals surface area (Å²) in [4.78, 5) is 6.60. The van der Waals surface area contributed by atoms with Crippen LogP contribution in [0.4, 0.5) is 5.69 Å². The Kier molecular flexibility index (Phi) is 10.0. The predicted molar refractivity (Wildman–Crippen MR) is 121 cm³/mol. The first-order valence-electron chi connectivity index (χ1n) is 10.5. The van der Waals surface area contributed by atoms with E-state index >= 15 is 0 Å². The van der Waals surface area contributed by atoms with E-state index in [4.69, 9.17) is 4.74 Å². The van der Waals surface area contributed by atoms with Gasteiger partial charge in [0.2, 0.25) is 0 Å². The van der Waals surface area contributed by atoms with Crippen LogP contribution in [0.2, 0.25) is 0 Å². The summed E-state index contributed by atoms with van der Waals surface area (Å²) in [6.07, 6.45) is 17.3. The first-order chi connectivity index (χ1) is 13.7. The monoisotopic (exact) mass is 383 g/mol. The Hall–Kier alpha value is -1.91. The highest BCUT2D eigenvalue weighted by molar-refractivity contribution is 5.54. The van der Waals surface area contributed by atoms with Crippen LogP contribution in [-0.4, -0.2) is 45.9 Å². The van der Waals surface area contributed by atoms with Gasteiger partial charge in [-0.2, -0.15) is 0 Å². The molecule has 3 aliphatic rings. The summed E-state index contributed by atoms with van der Waals surface area (Å²) < 4.78 is 5.20. The first-order valence-corrected chi connectivity index (χ1v) is 10.5. The van der Waals surface area contributed by atoms with Crippen LogP contribution in [0.25, 0.3) is 6.08 Å². The van der Waals surface area contributed by atoms with Gasteiger partial charge in [0.1, 0.15) is 0 Å². The van der Waals surface area contributed by atoms with Gasteiger partial charge in [0.25, 0.3) is 0 Å². The molecule has 1 atom stereocenters. The number of anilines is 1. The largest absolute Gasteiger partial charge is 0.384 e. The average Bonchev–Trinajstić information content (AvgIpc) is 3.49. The maximum Gasteiger partial charge on any atom is 0.0644 e. The number of allylic oxidation sites excluding steroid dienone is 4. The van der Waals surface area contributed by atoms with E-state index in [2.05, 4.69) is 52.1 Å². The molecule has 28 heavy (non-hydrogen) atoms. The lowest BCUT2D eigenvalue weighted by atomic mass is 10.0. The second-order valence-corrected chi connectivity index (χ2v) is 7.66. The summed E-state index contributed by atoms with van der Waals surface area (Å²) in [5, 5.41) is 2.75. The van der Waals surface area contributed by atoms with E-state index in [-0.39, 0.29) is 0 Å². The highest BCUT2D eigenvalue weighted by atomic mass is 16.5. The van der Waals surface area contributed by atoms with Crippen molar-refractivity contribution in [3.8, 4) is 0 Å². The van der Waals surface area contributed by atoms with Crippen LogP contribution in [-0.2, 0) is 4.74 Å². The van der Waals surface area contributed by atoms with Crippen molar-refractivity contribution in [2.45, 2.75) is 32.1 Å². The van der Waals surface area contributed by atoms with Crippen LogP contribution in [0.15, 0.2) is 48.7 Å². The van der Waals surface area contributed by atoms with Gasteiger partial charge in [0.15, 0.2) is 0 Å². The van der Waals surface area contributed by atoms with Gasteiger partial charge >= 0.3 is 0 Å². The number of hydrogen-bond donors (Lipinski definition) is 1. The molecule has 4 heteroatoms. The molecule has 0 aromatic carbocycles. The number of pyridine rings is 1. The minimum atomic E-state index is 0.658. The molecule has 1 aliphatic heterocycles. The molecule has 1 saturated carbocycles. The zero-order chi connectivity index (χ0) is 20.2. The highest BCUT2D eigenvalue weighted by Gasteiger charge is 2.24. The van der Waals surface area contributed by atoms with Crippen molar-refractivity contribution in [3.63, 3.8) is 0 Å². The molecular weight excluding hydrogens is 346 g/mol. The molecule has 2 fully saturated rings. The van der Waals surface area contributed by atoms with Crippen LogP contribution >= 0.6 is 0 Å². The maximum atomic E-state index is 5.20. The smallest absolute Gasteiger partial charge is 0.0644 e. The molecule has 0 bridgehead atoms. The third-order valence-corrected chi connectivity index (χ3v) is 5.10. The van der Waals surface area contributed by atoms with Crippen molar-refractivity contribution in [2.75, 3.05) is 45.8 Å². The van der Waals surface area contributed by atoms with Gasteiger partial charge in [-0.3, -0.25) is 4.98 Å². The molecule has 1 N–H and O–H groups in total. The van der Waals surface area contributed by atoms with E-state index in [1.54, 1.807) is 18.8 Å². The maximum absolute atomic E-state index is 5.20. The zero-order valence-corrected chi connectivity index (χ0v) is 17.9. The zero-order valence-electron chi connectivity index (χ0n) is 17.9. The topological polar surface area (TPSA) is 37.4 Å². The second kappa shape index (κ2) is 12.5. The van der Waals surface area contributed by atoms with Gasteiger partial charge in [-0.25, -0.2) is 0 Å². The molecule has 1 aromatic rings. The molecule has 4 rings (SSSR count). The van der Waals surface area contributed by atoms with E-state index in [9.17, 15) is 0 Å². The predicted octanol–water partition coefficient (Wildman–Crippen LogP) is 4.71. The van der Waals surface area contributed by atoms with E-state index in [0.717, 1.165) is 31.3 Å². The molecule has 2 aliphatic carbocycles. The van der Waals surface area contributed by atoms with Crippen LogP contribution in [0, 0.1) is 11.8 Å². The molecular formula is C24H37N3O. The summed E-state index contributed by atoms with van der Waals surface area (Å²) in [5.74, 6) is 1.62. The summed E-state index contributed by atoms with van der Waals surface area (Å²) in [7, 11) is 5.52. The quantitative estimate of drug-likeness (QED) is 0.799. The summed E-state index contributed by atoms with van der Waals surface area (Å²) in [6, 6.07) is 4.14. The molecule has 0 spiro atoms. The van der Waals surface area contributed by atoms with E-state index in [1.165, 1.54) is 37.8 Å². The minimum absolute atomic E-state index is 0.658. The lowest BCUT2D eigenvalue weighted by Gasteiger charge is -2.18. The van der Waals surface area contributed by atoms with Gasteiger partial charge in [-0.15, -0.1) is 0 Å². The van der Waals surface area contributed by atoms with Crippen LogP contribution < -0.4 is 10.2 Å². The fourth-order valence-electron chi connectivity index (χ4n) is 3.54. The Labute approximate surface area is 171 Å². The number of aromatic nitrogens is 1. The fraction of sp³-hybridized carbons (Fsp3) is 0.542. The van der Waals surface area contributed by atoms with E-state index < -0.39 is 0 Å². The average molecular weight is 384 g/mol. The molecule has 154 valence electrons. The van der Waals surface area contributed by atoms with Crippen molar-refractivity contribution in [2.24, 2.45) is 11.8 Å². The Morgan fingerprint density at radius 3 is 2.68 bits per heavy atom. The van der Waals surface area contributed by atoms with Crippen molar-refractivity contribution < 1.29 is 4.74 Å². The van der Waals surface area contributed by atoms with Crippen molar-refractivity contribution in [1.82, 2.24) is 10.3 Å². The number of nitrogens with one attached hydrogen (secondary N) is 1. The van der Waals surface area contributed by atoms with Gasteiger partial charge in [0, 0.05) is 38.0 Å². The van der Waals surface area contributed by atoms with Gasteiger partial charge in [-0.05, 0) is 75.9 Å². The molecule has 1 aromatic heterocycles. The molecule has 1 saturated heterocycles. The lowest BCUT2D eigenvalue weighted by molar-refractivity contribution is 0.161. The first kappa shape index (κ1) is 22.4. The third kappa shape index (κ3) is 7.61. The number of ether oxygens (including phenoxy) is 1. The fourth-order valence-corrected chi connectivity index (χ4v) is 3.54. The van der Waals surface area contributed by atoms with Crippen molar-refractivity contribution in [1.29, 1.82) is 0 Å². The summed E-state index contributed by atoms with van der Waals surface area (Å²) in [5.41, 5.74) is 3.79. The van der Waals surface area contributed by atoms with Crippen LogP contribution in [0.1, 0.15) is 37.8 Å². The van der Waals surface area contributed by atoms with Crippen LogP contribution in [0.3, 0.4) is 0 Å². The number of nitrogens with zero attached hydrogens (tertiary/aromatic N) is 2. The summed E-state index contributed by atoms with van der Waals surface area (Å²) in [6.45, 7) is 6.78. The third-order valence-electron chi connectivity index (χ3n) is 5.10. The molecule has 1 unspecified atom stereocenters. The van der Waals surface area contributed by atoms with Crippen molar-refractivity contribution in [3.05, 3.63) is 54.4 Å². The number of hydrogen-bond acceptors (Lipinski definition) is 4.